The summed E-state index contributed by atoms with van der Waals surface area (Å²) in [4.78, 5) is 13.2. The third kappa shape index (κ3) is 4.65. The molecule has 2 rings (SSSR count). The highest BCUT2D eigenvalue weighted by atomic mass is 127. The van der Waals surface area contributed by atoms with E-state index in [2.05, 4.69) is 10.2 Å². The molecule has 0 aliphatic rings. The number of halogens is 3. The second-order valence-corrected chi connectivity index (χ2v) is 7.53. The number of carbonyl (C=O) groups is 1. The molecule has 1 N–H and O–H groups in total. The Hall–Kier alpha value is -1.71. The van der Waals surface area contributed by atoms with Crippen molar-refractivity contribution in [2.75, 3.05) is 7.05 Å². The zero-order chi connectivity index (χ0) is 18.1. The van der Waals surface area contributed by atoms with Crippen molar-refractivity contribution in [2.45, 2.75) is 32.9 Å². The van der Waals surface area contributed by atoms with E-state index in [0.29, 0.717) is 9.26 Å². The van der Waals surface area contributed by atoms with Crippen LogP contribution in [0.3, 0.4) is 0 Å². The molecular weight excluding hydrogens is 431 g/mol. The summed E-state index contributed by atoms with van der Waals surface area (Å²) in [6.45, 7) is 5.27. The molecule has 0 aliphatic heterocycles. The topological polar surface area (TPSA) is 58.2 Å². The van der Waals surface area contributed by atoms with E-state index >= 15 is 0 Å². The van der Waals surface area contributed by atoms with E-state index in [-0.39, 0.29) is 17.8 Å². The Balaban J connectivity index is 2.20. The number of aromatic nitrogens is 2. The first kappa shape index (κ1) is 18.6. The van der Waals surface area contributed by atoms with E-state index in [4.69, 9.17) is 4.74 Å². The van der Waals surface area contributed by atoms with Gasteiger partial charge in [-0.3, -0.25) is 5.10 Å². The van der Waals surface area contributed by atoms with Gasteiger partial charge in [-0.05, 0) is 67.1 Å². The lowest BCUT2D eigenvalue weighted by Crippen LogP contribution is -2.33. The molecular formula is C16H18F2IN3O2. The number of ether oxygens (including phenoxy) is 1. The maximum absolute atomic E-state index is 14.3. The SMILES string of the molecule is CN(Cc1cc(F)c(-c2cc(I)[nH]n2)c(F)c1)C(=O)OC(C)(C)C. The standard InChI is InChI=1S/C16H18F2IN3O2/c1-16(2,3)24-15(23)22(4)8-9-5-10(17)14(11(18)6-9)12-7-13(19)21-20-12/h5-7H,8H2,1-4H3,(H,20,21). The van der Waals surface area contributed by atoms with Crippen molar-refractivity contribution in [1.29, 1.82) is 0 Å². The molecule has 1 aromatic carbocycles. The monoisotopic (exact) mass is 449 g/mol. The van der Waals surface area contributed by atoms with E-state index in [1.807, 2.05) is 22.6 Å². The van der Waals surface area contributed by atoms with E-state index in [0.717, 1.165) is 0 Å². The van der Waals surface area contributed by atoms with Crippen molar-refractivity contribution < 1.29 is 18.3 Å². The lowest BCUT2D eigenvalue weighted by molar-refractivity contribution is 0.0284. The third-order valence-corrected chi connectivity index (χ3v) is 3.58. The maximum Gasteiger partial charge on any atom is 0.410 e. The average Bonchev–Trinajstić information content (AvgIpc) is 2.82. The van der Waals surface area contributed by atoms with Crippen LogP contribution in [0.2, 0.25) is 0 Å². The number of nitrogens with one attached hydrogen (secondary N) is 1. The molecule has 0 bridgehead atoms. The van der Waals surface area contributed by atoms with E-state index < -0.39 is 23.3 Å². The summed E-state index contributed by atoms with van der Waals surface area (Å²) in [6, 6.07) is 3.94. The van der Waals surface area contributed by atoms with Crippen LogP contribution in [0.15, 0.2) is 18.2 Å². The van der Waals surface area contributed by atoms with Crippen LogP contribution < -0.4 is 0 Å². The lowest BCUT2D eigenvalue weighted by Gasteiger charge is -2.24. The number of aromatic amines is 1. The van der Waals surface area contributed by atoms with Gasteiger partial charge in [0.1, 0.15) is 17.2 Å². The summed E-state index contributed by atoms with van der Waals surface area (Å²) >= 11 is 1.97. The van der Waals surface area contributed by atoms with Gasteiger partial charge >= 0.3 is 6.09 Å². The zero-order valence-corrected chi connectivity index (χ0v) is 15.9. The molecule has 2 aromatic rings. The van der Waals surface area contributed by atoms with Crippen LogP contribution in [-0.2, 0) is 11.3 Å². The summed E-state index contributed by atoms with van der Waals surface area (Å²) in [5.41, 5.74) is -0.311. The predicted molar refractivity (Wildman–Crippen MR) is 94.4 cm³/mol. The van der Waals surface area contributed by atoms with Gasteiger partial charge in [-0.15, -0.1) is 0 Å². The van der Waals surface area contributed by atoms with E-state index in [1.165, 1.54) is 24.1 Å². The highest BCUT2D eigenvalue weighted by Gasteiger charge is 2.21. The molecule has 130 valence electrons. The van der Waals surface area contributed by atoms with Crippen LogP contribution in [0.4, 0.5) is 13.6 Å². The summed E-state index contributed by atoms with van der Waals surface area (Å²) in [6.07, 6.45) is -0.561. The molecule has 0 radical (unpaired) electrons. The van der Waals surface area contributed by atoms with Gasteiger partial charge in [0.2, 0.25) is 0 Å². The smallest absolute Gasteiger partial charge is 0.410 e. The van der Waals surface area contributed by atoms with Crippen LogP contribution in [0.5, 0.6) is 0 Å². The van der Waals surface area contributed by atoms with E-state index in [9.17, 15) is 13.6 Å². The molecule has 1 heterocycles. The van der Waals surface area contributed by atoms with Crippen molar-refractivity contribution in [3.05, 3.63) is 39.1 Å². The van der Waals surface area contributed by atoms with Crippen molar-refractivity contribution in [3.8, 4) is 11.3 Å². The molecule has 1 amide bonds. The first-order valence-electron chi connectivity index (χ1n) is 7.20. The molecule has 0 unspecified atom stereocenters. The fourth-order valence-corrected chi connectivity index (χ4v) is 2.48. The summed E-state index contributed by atoms with van der Waals surface area (Å²) in [5.74, 6) is -1.46. The second kappa shape index (κ2) is 7.04. The van der Waals surface area contributed by atoms with Crippen LogP contribution in [0, 0.1) is 15.3 Å². The summed E-state index contributed by atoms with van der Waals surface area (Å²) in [7, 11) is 1.51. The molecule has 1 aromatic heterocycles. The Labute approximate surface area is 152 Å². The summed E-state index contributed by atoms with van der Waals surface area (Å²) < 4.78 is 34.5. The fraction of sp³-hybridized carbons (Fsp3) is 0.375. The van der Waals surface area contributed by atoms with Crippen LogP contribution >= 0.6 is 22.6 Å². The summed E-state index contributed by atoms with van der Waals surface area (Å²) in [5, 5.41) is 6.51. The minimum Gasteiger partial charge on any atom is -0.444 e. The highest BCUT2D eigenvalue weighted by molar-refractivity contribution is 14.1. The minimum atomic E-state index is -0.731. The number of hydrogen-bond acceptors (Lipinski definition) is 3. The Bertz CT molecular complexity index is 733. The quantitative estimate of drug-likeness (QED) is 0.711. The van der Waals surface area contributed by atoms with Crippen molar-refractivity contribution in [3.63, 3.8) is 0 Å². The van der Waals surface area contributed by atoms with Crippen LogP contribution in [0.25, 0.3) is 11.3 Å². The Morgan fingerprint density at radius 2 is 1.88 bits per heavy atom. The third-order valence-electron chi connectivity index (χ3n) is 3.03. The zero-order valence-electron chi connectivity index (χ0n) is 13.8. The first-order chi connectivity index (χ1) is 11.1. The molecule has 0 fully saturated rings. The molecule has 0 saturated heterocycles. The predicted octanol–water partition coefficient (Wildman–Crippen LogP) is 4.33. The number of amides is 1. The Morgan fingerprint density at radius 1 is 1.29 bits per heavy atom. The Morgan fingerprint density at radius 3 is 2.33 bits per heavy atom. The highest BCUT2D eigenvalue weighted by Crippen LogP contribution is 2.27. The number of hydrogen-bond donors (Lipinski definition) is 1. The minimum absolute atomic E-state index is 0.0289. The number of carbonyl (C=O) groups excluding carboxylic acids is 1. The van der Waals surface area contributed by atoms with Gasteiger partial charge in [-0.25, -0.2) is 13.6 Å². The van der Waals surface area contributed by atoms with Gasteiger partial charge in [0.15, 0.2) is 0 Å². The largest absolute Gasteiger partial charge is 0.444 e. The number of H-pyrrole nitrogens is 1. The molecule has 24 heavy (non-hydrogen) atoms. The Kier molecular flexibility index (Phi) is 5.46. The molecule has 0 spiro atoms. The molecule has 0 atom stereocenters. The number of rotatable bonds is 3. The van der Waals surface area contributed by atoms with Crippen molar-refractivity contribution in [2.24, 2.45) is 0 Å². The van der Waals surface area contributed by atoms with Crippen LogP contribution in [-0.4, -0.2) is 33.8 Å². The molecule has 8 heteroatoms. The van der Waals surface area contributed by atoms with Gasteiger partial charge in [0, 0.05) is 13.6 Å². The average molecular weight is 449 g/mol. The number of nitrogens with zero attached hydrogens (tertiary/aromatic N) is 2. The van der Waals surface area contributed by atoms with Gasteiger partial charge < -0.3 is 9.64 Å². The molecule has 0 aliphatic carbocycles. The molecule has 5 nitrogen and oxygen atoms in total. The van der Waals surface area contributed by atoms with Crippen LogP contribution in [0.1, 0.15) is 26.3 Å². The fourth-order valence-electron chi connectivity index (χ4n) is 2.07. The first-order valence-corrected chi connectivity index (χ1v) is 8.28. The van der Waals surface area contributed by atoms with Gasteiger partial charge in [0.05, 0.1) is 15.0 Å². The number of benzene rings is 1. The van der Waals surface area contributed by atoms with Crippen molar-refractivity contribution in [1.82, 2.24) is 15.1 Å². The normalized spacial score (nSPS) is 11.5. The molecule has 0 saturated carbocycles. The second-order valence-electron chi connectivity index (χ2n) is 6.37. The van der Waals surface area contributed by atoms with Crippen molar-refractivity contribution >= 4 is 28.7 Å². The van der Waals surface area contributed by atoms with Gasteiger partial charge in [-0.1, -0.05) is 0 Å². The maximum atomic E-state index is 14.3. The van der Waals surface area contributed by atoms with E-state index in [1.54, 1.807) is 26.8 Å². The lowest BCUT2D eigenvalue weighted by atomic mass is 10.1. The van der Waals surface area contributed by atoms with Gasteiger partial charge in [-0.2, -0.15) is 5.10 Å². The van der Waals surface area contributed by atoms with Gasteiger partial charge in [0.25, 0.3) is 0 Å².